The monoisotopic (exact) mass is 312 g/mol. The number of hydrogen-bond donors (Lipinski definition) is 0. The van der Waals surface area contributed by atoms with E-state index in [1.807, 2.05) is 0 Å². The van der Waals surface area contributed by atoms with Gasteiger partial charge in [-0.05, 0) is 0 Å². The second-order valence-electron chi connectivity index (χ2n) is 0.0714. The molecule has 0 aliphatic heterocycles. The molecule has 26 valence electrons. The van der Waals surface area contributed by atoms with Gasteiger partial charge >= 0.3 is 38.4 Å². The molecule has 1 atom stereocenters. The zero-order valence-electron chi connectivity index (χ0n) is 1.96. The van der Waals surface area contributed by atoms with Crippen LogP contribution in [0.15, 0.2) is 0 Å². The molecule has 0 saturated carbocycles. The van der Waals surface area contributed by atoms with E-state index in [4.69, 9.17) is 16.6 Å². The van der Waals surface area contributed by atoms with E-state index in [9.17, 15) is 0 Å². The first-order chi connectivity index (χ1) is 1.41. The first-order valence-electron chi connectivity index (χ1n) is 0.378. The van der Waals surface area contributed by atoms with Crippen LogP contribution in [0.3, 0.4) is 0 Å². The van der Waals surface area contributed by atoms with Crippen LogP contribution in [0, 0.1) is 0 Å². The molecule has 0 spiro atoms. The van der Waals surface area contributed by atoms with E-state index in [1.165, 1.54) is 0 Å². The van der Waals surface area contributed by atoms with Crippen molar-refractivity contribution in [2.45, 2.75) is 0 Å². The van der Waals surface area contributed by atoms with Gasteiger partial charge in [-0.2, -0.15) is 9.90 Å². The van der Waals surface area contributed by atoms with Gasteiger partial charge in [0.1, 0.15) is 0 Å². The third kappa shape index (κ3) is 9.06. The normalized spacial score (nSPS) is 4.50. The van der Waals surface area contributed by atoms with Crippen LogP contribution in [-0.2, 0) is 0 Å². The van der Waals surface area contributed by atoms with Crippen LogP contribution in [0.1, 0.15) is 0 Å². The minimum atomic E-state index is -0.972. The molecule has 4 heavy (non-hydrogen) atoms. The molecular formula is H3Cl2PPb. The summed E-state index contributed by atoms with van der Waals surface area (Å²) in [5.74, 6) is 0. The van der Waals surface area contributed by atoms with Crippen molar-refractivity contribution in [1.29, 1.82) is 0 Å². The average molecular weight is 312 g/mol. The molecule has 0 bridgehead atoms. The number of halogens is 2. The summed E-state index contributed by atoms with van der Waals surface area (Å²) < 4.78 is 0. The molecule has 0 heterocycles. The van der Waals surface area contributed by atoms with E-state index in [-0.39, 0.29) is 9.90 Å². The number of hydrogen-bond acceptors (Lipinski definition) is 0. The third-order valence-corrected chi connectivity index (χ3v) is 0. The molecule has 2 radical (unpaired) electrons. The zero-order valence-corrected chi connectivity index (χ0v) is 8.78. The molecule has 0 saturated heterocycles. The van der Waals surface area contributed by atoms with Crippen molar-refractivity contribution in [3.63, 3.8) is 0 Å². The van der Waals surface area contributed by atoms with Gasteiger partial charge in [0, 0.05) is 0 Å². The Morgan fingerprint density at radius 3 is 1.25 bits per heavy atom. The van der Waals surface area contributed by atoms with Crippen LogP contribution in [0.2, 0.25) is 0 Å². The third-order valence-electron chi connectivity index (χ3n) is 0. The Labute approximate surface area is 48.0 Å². The van der Waals surface area contributed by atoms with Crippen molar-refractivity contribution in [2.24, 2.45) is 0 Å². The van der Waals surface area contributed by atoms with E-state index in [1.54, 1.807) is 0 Å². The minimum absolute atomic E-state index is 0. The molecule has 0 N–H and O–H groups in total. The van der Waals surface area contributed by atoms with Crippen molar-refractivity contribution in [3.05, 3.63) is 0 Å². The summed E-state index contributed by atoms with van der Waals surface area (Å²) >= 11 is -0.972. The van der Waals surface area contributed by atoms with Crippen molar-refractivity contribution in [1.82, 2.24) is 0 Å². The van der Waals surface area contributed by atoms with Crippen LogP contribution >= 0.6 is 26.5 Å². The van der Waals surface area contributed by atoms with Gasteiger partial charge < -0.3 is 0 Å². The molecule has 0 aromatic carbocycles. The molecular weight excluding hydrogens is 309 g/mol. The van der Waals surface area contributed by atoms with Crippen molar-refractivity contribution in [2.75, 3.05) is 0 Å². The fourth-order valence-electron chi connectivity index (χ4n) is 0. The van der Waals surface area contributed by atoms with Gasteiger partial charge in [0.2, 0.25) is 0 Å². The van der Waals surface area contributed by atoms with Crippen molar-refractivity contribution in [3.8, 4) is 0 Å². The van der Waals surface area contributed by atoms with Crippen molar-refractivity contribution < 1.29 is 0 Å². The Morgan fingerprint density at radius 2 is 1.25 bits per heavy atom. The summed E-state index contributed by atoms with van der Waals surface area (Å²) in [6.45, 7) is 0. The number of rotatable bonds is 0. The van der Waals surface area contributed by atoms with Crippen LogP contribution in [0.25, 0.3) is 0 Å². The van der Waals surface area contributed by atoms with Crippen LogP contribution in [0.5, 0.6) is 0 Å². The van der Waals surface area contributed by atoms with Crippen LogP contribution in [0.4, 0.5) is 0 Å². The first kappa shape index (κ1) is 9.33. The Morgan fingerprint density at radius 1 is 1.25 bits per heavy atom. The molecule has 0 aliphatic rings. The van der Waals surface area contributed by atoms with Gasteiger partial charge in [-0.3, -0.25) is 0 Å². The van der Waals surface area contributed by atoms with Gasteiger partial charge in [0.25, 0.3) is 0 Å². The van der Waals surface area contributed by atoms with Crippen LogP contribution in [-0.4, -0.2) is 21.8 Å². The second kappa shape index (κ2) is 8.87. The Bertz CT molecular complexity index is 6.00. The van der Waals surface area contributed by atoms with Gasteiger partial charge in [-0.1, -0.05) is 0 Å². The quantitative estimate of drug-likeness (QED) is 0.463. The maximum atomic E-state index is 4.96. The predicted octanol–water partition coefficient (Wildman–Crippen LogP) is 1.06. The molecule has 4 heteroatoms. The van der Waals surface area contributed by atoms with Crippen LogP contribution < -0.4 is 0 Å². The second-order valence-corrected chi connectivity index (χ2v) is 5.64. The summed E-state index contributed by atoms with van der Waals surface area (Å²) in [5.41, 5.74) is 0. The van der Waals surface area contributed by atoms with Gasteiger partial charge in [0.15, 0.2) is 0 Å². The van der Waals surface area contributed by atoms with Crippen molar-refractivity contribution >= 4 is 48.3 Å². The fourth-order valence-corrected chi connectivity index (χ4v) is 0. The molecule has 0 fully saturated rings. The maximum absolute atomic E-state index is 4.96. The summed E-state index contributed by atoms with van der Waals surface area (Å²) in [5, 5.41) is 0. The Kier molecular flexibility index (Phi) is 20.7. The fraction of sp³-hybridized carbons (Fsp3) is 0. The summed E-state index contributed by atoms with van der Waals surface area (Å²) in [7, 11) is 9.92. The molecule has 0 aromatic rings. The summed E-state index contributed by atoms with van der Waals surface area (Å²) in [4.78, 5) is 0. The van der Waals surface area contributed by atoms with E-state index >= 15 is 0 Å². The SMILES string of the molecule is P.[Cl][Pb][Cl]. The Balaban J connectivity index is 0. The van der Waals surface area contributed by atoms with E-state index in [2.05, 4.69) is 0 Å². The molecule has 1 unspecified atom stereocenters. The predicted molar refractivity (Wildman–Crippen MR) is 28.6 cm³/mol. The zero-order chi connectivity index (χ0) is 2.71. The first-order valence-corrected chi connectivity index (χ1v) is 9.95. The Hall–Kier alpha value is 1.93. The van der Waals surface area contributed by atoms with Gasteiger partial charge in [0.05, 0.1) is 0 Å². The average Bonchev–Trinajstić information content (AvgIpc) is 0.918. The molecule has 0 aliphatic carbocycles. The molecule has 0 amide bonds. The van der Waals surface area contributed by atoms with Gasteiger partial charge in [-0.15, -0.1) is 0 Å². The van der Waals surface area contributed by atoms with E-state index in [0.29, 0.717) is 0 Å². The molecule has 0 aromatic heterocycles. The van der Waals surface area contributed by atoms with E-state index in [0.717, 1.165) is 0 Å². The topological polar surface area (TPSA) is 0 Å². The summed E-state index contributed by atoms with van der Waals surface area (Å²) in [6.07, 6.45) is 0. The van der Waals surface area contributed by atoms with E-state index < -0.39 is 21.8 Å². The van der Waals surface area contributed by atoms with Gasteiger partial charge in [-0.25, -0.2) is 0 Å². The standard InChI is InChI=1S/2ClH.H3P.Pb/h2*1H;1H3;/q;;;+2/p-2. The molecule has 0 nitrogen and oxygen atoms in total. The molecule has 0 rings (SSSR count). The summed E-state index contributed by atoms with van der Waals surface area (Å²) in [6, 6.07) is 0.